The fraction of sp³-hybridized carbons (Fsp3) is 0.235. The van der Waals surface area contributed by atoms with Gasteiger partial charge in [0.25, 0.3) is 0 Å². The Kier molecular flexibility index (Phi) is 3.80. The molecule has 0 radical (unpaired) electrons. The lowest BCUT2D eigenvalue weighted by molar-refractivity contribution is 0.865. The first kappa shape index (κ1) is 13.9. The maximum Gasteiger partial charge on any atom is 0.125 e. The van der Waals surface area contributed by atoms with Crippen LogP contribution in [0.4, 0.5) is 0 Å². The van der Waals surface area contributed by atoms with E-state index in [2.05, 4.69) is 42.2 Å². The third kappa shape index (κ3) is 2.72. The highest BCUT2D eigenvalue weighted by molar-refractivity contribution is 7.13. The van der Waals surface area contributed by atoms with Crippen molar-refractivity contribution >= 4 is 11.3 Å². The molecule has 0 spiro atoms. The zero-order valence-corrected chi connectivity index (χ0v) is 13.2. The molecule has 0 aliphatic heterocycles. The van der Waals surface area contributed by atoms with Crippen molar-refractivity contribution in [3.63, 3.8) is 0 Å². The minimum Gasteiger partial charge on any atom is -0.264 e. The molecule has 0 fully saturated rings. The van der Waals surface area contributed by atoms with Crippen molar-refractivity contribution in [3.8, 4) is 21.8 Å². The number of pyridine rings is 2. The van der Waals surface area contributed by atoms with Gasteiger partial charge in [-0.2, -0.15) is 0 Å². The molecule has 0 bridgehead atoms. The van der Waals surface area contributed by atoms with E-state index < -0.39 is 0 Å². The highest BCUT2D eigenvalue weighted by Gasteiger charge is 2.13. The summed E-state index contributed by atoms with van der Waals surface area (Å²) >= 11 is 1.66. The van der Waals surface area contributed by atoms with Gasteiger partial charge in [0.15, 0.2) is 0 Å². The molecule has 3 rings (SSSR count). The van der Waals surface area contributed by atoms with E-state index in [4.69, 9.17) is 4.98 Å². The van der Waals surface area contributed by atoms with Crippen LogP contribution < -0.4 is 0 Å². The minimum atomic E-state index is 0.454. The topological polar surface area (TPSA) is 38.7 Å². The number of hydrogen-bond acceptors (Lipinski definition) is 4. The average Bonchev–Trinajstić information content (AvgIpc) is 2.97. The molecule has 3 heterocycles. The van der Waals surface area contributed by atoms with Gasteiger partial charge >= 0.3 is 0 Å². The summed E-state index contributed by atoms with van der Waals surface area (Å²) in [6.45, 7) is 6.47. The maximum absolute atomic E-state index is 4.79. The fourth-order valence-electron chi connectivity index (χ4n) is 2.34. The summed E-state index contributed by atoms with van der Waals surface area (Å²) in [7, 11) is 0. The van der Waals surface area contributed by atoms with Gasteiger partial charge in [-0.25, -0.2) is 4.98 Å². The van der Waals surface area contributed by atoms with E-state index >= 15 is 0 Å². The predicted molar refractivity (Wildman–Crippen MR) is 87.4 cm³/mol. The molecule has 0 unspecified atom stereocenters. The molecule has 3 nitrogen and oxygen atoms in total. The molecular weight excluding hydrogens is 278 g/mol. The first-order valence-corrected chi connectivity index (χ1v) is 7.85. The van der Waals surface area contributed by atoms with Gasteiger partial charge in [-0.3, -0.25) is 9.97 Å². The van der Waals surface area contributed by atoms with Gasteiger partial charge in [0.2, 0.25) is 0 Å². The molecule has 4 heteroatoms. The van der Waals surface area contributed by atoms with Crippen LogP contribution in [0.3, 0.4) is 0 Å². The van der Waals surface area contributed by atoms with Crippen molar-refractivity contribution < 1.29 is 0 Å². The third-order valence-corrected chi connectivity index (χ3v) is 4.40. The molecule has 0 N–H and O–H groups in total. The van der Waals surface area contributed by atoms with Crippen molar-refractivity contribution in [1.82, 2.24) is 15.0 Å². The van der Waals surface area contributed by atoms with Gasteiger partial charge in [0, 0.05) is 41.3 Å². The minimum absolute atomic E-state index is 0.454. The Balaban J connectivity index is 2.06. The summed E-state index contributed by atoms with van der Waals surface area (Å²) in [5.41, 5.74) is 5.69. The summed E-state index contributed by atoms with van der Waals surface area (Å²) in [5, 5.41) is 3.11. The van der Waals surface area contributed by atoms with Crippen LogP contribution in [0.15, 0.2) is 42.3 Å². The fourth-order valence-corrected chi connectivity index (χ4v) is 3.19. The van der Waals surface area contributed by atoms with Crippen LogP contribution in [0.5, 0.6) is 0 Å². The van der Waals surface area contributed by atoms with Gasteiger partial charge in [0.05, 0.1) is 5.69 Å². The monoisotopic (exact) mass is 295 g/mol. The number of hydrogen-bond donors (Lipinski definition) is 0. The highest BCUT2D eigenvalue weighted by atomic mass is 32.1. The first-order valence-electron chi connectivity index (χ1n) is 6.97. The van der Waals surface area contributed by atoms with E-state index in [1.807, 2.05) is 30.9 Å². The van der Waals surface area contributed by atoms with Crippen LogP contribution >= 0.6 is 11.3 Å². The lowest BCUT2D eigenvalue weighted by atomic mass is 10.00. The Bertz CT molecular complexity index is 762. The van der Waals surface area contributed by atoms with E-state index in [0.29, 0.717) is 5.92 Å². The molecule has 3 aromatic heterocycles. The molecule has 0 aliphatic carbocycles. The molecule has 0 aliphatic rings. The SMILES string of the molecule is Cc1ccncc1-c1csc(-c2cnccc2C(C)C)n1. The van der Waals surface area contributed by atoms with Crippen molar-refractivity contribution in [2.45, 2.75) is 26.7 Å². The zero-order chi connectivity index (χ0) is 14.8. The summed E-state index contributed by atoms with van der Waals surface area (Å²) in [6.07, 6.45) is 7.44. The zero-order valence-electron chi connectivity index (χ0n) is 12.4. The summed E-state index contributed by atoms with van der Waals surface area (Å²) in [5.74, 6) is 0.454. The number of aryl methyl sites for hydroxylation is 1. The van der Waals surface area contributed by atoms with Crippen molar-refractivity contribution in [2.24, 2.45) is 0 Å². The maximum atomic E-state index is 4.79. The summed E-state index contributed by atoms with van der Waals surface area (Å²) < 4.78 is 0. The summed E-state index contributed by atoms with van der Waals surface area (Å²) in [4.78, 5) is 13.3. The quantitative estimate of drug-likeness (QED) is 0.703. The van der Waals surface area contributed by atoms with Crippen molar-refractivity contribution in [1.29, 1.82) is 0 Å². The first-order chi connectivity index (χ1) is 10.2. The van der Waals surface area contributed by atoms with Crippen LogP contribution in [0.2, 0.25) is 0 Å². The summed E-state index contributed by atoms with van der Waals surface area (Å²) in [6, 6.07) is 4.09. The molecule has 0 atom stereocenters. The van der Waals surface area contributed by atoms with Gasteiger partial charge in [-0.15, -0.1) is 11.3 Å². The molecule has 0 saturated carbocycles. The Labute approximate surface area is 128 Å². The van der Waals surface area contributed by atoms with Crippen LogP contribution in [0.1, 0.15) is 30.9 Å². The smallest absolute Gasteiger partial charge is 0.125 e. The Morgan fingerprint density at radius 2 is 1.71 bits per heavy atom. The van der Waals surface area contributed by atoms with E-state index in [-0.39, 0.29) is 0 Å². The van der Waals surface area contributed by atoms with Crippen LogP contribution in [-0.4, -0.2) is 15.0 Å². The van der Waals surface area contributed by atoms with Crippen LogP contribution in [0.25, 0.3) is 21.8 Å². The largest absolute Gasteiger partial charge is 0.264 e. The van der Waals surface area contributed by atoms with Crippen molar-refractivity contribution in [2.75, 3.05) is 0 Å². The van der Waals surface area contributed by atoms with Gasteiger partial charge < -0.3 is 0 Å². The molecule has 0 saturated heterocycles. The Hall–Kier alpha value is -2.07. The van der Waals surface area contributed by atoms with E-state index in [9.17, 15) is 0 Å². The third-order valence-electron chi connectivity index (χ3n) is 3.53. The molecular formula is C17H17N3S. The van der Waals surface area contributed by atoms with Gasteiger partial charge in [0.1, 0.15) is 5.01 Å². The average molecular weight is 295 g/mol. The Morgan fingerprint density at radius 1 is 1.00 bits per heavy atom. The second kappa shape index (κ2) is 5.74. The number of rotatable bonds is 3. The molecule has 106 valence electrons. The second-order valence-corrected chi connectivity index (χ2v) is 6.20. The molecule has 0 aromatic carbocycles. The van der Waals surface area contributed by atoms with Crippen LogP contribution in [-0.2, 0) is 0 Å². The molecule has 0 amide bonds. The number of aromatic nitrogens is 3. The standard InChI is InChI=1S/C17H17N3S/c1-11(2)13-5-7-19-9-15(13)17-20-16(10-21-17)14-8-18-6-4-12(14)3/h4-11H,1-3H3. The molecule has 3 aromatic rings. The van der Waals surface area contributed by atoms with E-state index in [0.717, 1.165) is 21.8 Å². The normalized spacial score (nSPS) is 11.0. The molecule has 21 heavy (non-hydrogen) atoms. The highest BCUT2D eigenvalue weighted by Crippen LogP contribution is 2.33. The van der Waals surface area contributed by atoms with Crippen LogP contribution in [0, 0.1) is 6.92 Å². The van der Waals surface area contributed by atoms with E-state index in [1.54, 1.807) is 11.3 Å². The number of nitrogens with zero attached hydrogens (tertiary/aromatic N) is 3. The van der Waals surface area contributed by atoms with Gasteiger partial charge in [-0.05, 0) is 36.1 Å². The van der Waals surface area contributed by atoms with Gasteiger partial charge in [-0.1, -0.05) is 13.8 Å². The lowest BCUT2D eigenvalue weighted by Gasteiger charge is -2.09. The second-order valence-electron chi connectivity index (χ2n) is 5.35. The Morgan fingerprint density at radius 3 is 2.43 bits per heavy atom. The number of thiazole rings is 1. The van der Waals surface area contributed by atoms with E-state index in [1.165, 1.54) is 11.1 Å². The van der Waals surface area contributed by atoms with Crippen molar-refractivity contribution in [3.05, 3.63) is 53.4 Å². The lowest BCUT2D eigenvalue weighted by Crippen LogP contribution is -1.93. The predicted octanol–water partition coefficient (Wildman–Crippen LogP) is 4.70.